The van der Waals surface area contributed by atoms with Crippen LogP contribution in [0.15, 0.2) is 54.6 Å². The first-order valence-corrected chi connectivity index (χ1v) is 9.97. The molecule has 0 bridgehead atoms. The van der Waals surface area contributed by atoms with E-state index in [9.17, 15) is 4.79 Å². The molecule has 0 radical (unpaired) electrons. The van der Waals surface area contributed by atoms with E-state index >= 15 is 0 Å². The Labute approximate surface area is 173 Å². The number of carbonyl (C=O) groups excluding carboxylic acids is 1. The maximum absolute atomic E-state index is 12.5. The van der Waals surface area contributed by atoms with E-state index in [1.807, 2.05) is 57.0 Å². The van der Waals surface area contributed by atoms with Gasteiger partial charge < -0.3 is 20.1 Å². The Morgan fingerprint density at radius 3 is 2.48 bits per heavy atom. The van der Waals surface area contributed by atoms with Crippen LogP contribution in [0.3, 0.4) is 0 Å². The summed E-state index contributed by atoms with van der Waals surface area (Å²) in [5, 5.41) is 12.2. The van der Waals surface area contributed by atoms with Crippen LogP contribution in [0, 0.1) is 0 Å². The molecule has 154 valence electrons. The van der Waals surface area contributed by atoms with Gasteiger partial charge in [-0.25, -0.2) is 4.79 Å². The lowest BCUT2D eigenvalue weighted by atomic mass is 9.81. The summed E-state index contributed by atoms with van der Waals surface area (Å²) in [6, 6.07) is 16.1. The Balaban J connectivity index is 1.89. The third kappa shape index (κ3) is 5.18. The largest absolute Gasteiger partial charge is 0.444 e. The van der Waals surface area contributed by atoms with Gasteiger partial charge in [0.25, 0.3) is 0 Å². The van der Waals surface area contributed by atoms with E-state index in [0.717, 1.165) is 22.4 Å². The predicted molar refractivity (Wildman–Crippen MR) is 117 cm³/mol. The molecule has 0 unspecified atom stereocenters. The van der Waals surface area contributed by atoms with Gasteiger partial charge in [-0.2, -0.15) is 0 Å². The van der Waals surface area contributed by atoms with Gasteiger partial charge in [0, 0.05) is 25.2 Å². The van der Waals surface area contributed by atoms with E-state index in [0.29, 0.717) is 6.54 Å². The molecule has 0 heterocycles. The second-order valence-electron chi connectivity index (χ2n) is 8.37. The quantitative estimate of drug-likeness (QED) is 0.784. The fourth-order valence-corrected chi connectivity index (χ4v) is 3.59. The summed E-state index contributed by atoms with van der Waals surface area (Å²) >= 11 is 0. The highest BCUT2D eigenvalue weighted by Crippen LogP contribution is 2.39. The molecule has 1 aliphatic carbocycles. The Bertz CT molecular complexity index is 868. The highest BCUT2D eigenvalue weighted by atomic mass is 16.6. The lowest BCUT2D eigenvalue weighted by Gasteiger charge is -2.32. The smallest absolute Gasteiger partial charge is 0.408 e. The Hall–Kier alpha value is -2.79. The van der Waals surface area contributed by atoms with E-state index in [1.54, 1.807) is 0 Å². The highest BCUT2D eigenvalue weighted by molar-refractivity contribution is 5.71. The monoisotopic (exact) mass is 394 g/mol. The molecule has 2 N–H and O–H groups in total. The number of fused-ring (bicyclic) bond motifs is 1. The molecule has 5 heteroatoms. The number of carbonyl (C=O) groups is 1. The SMILES string of the molecule is CN(CCO)c1ccc([C@H]2C=Cc3ccccc3[C@@H]2NC(=O)OC(C)(C)C)cc1. The Morgan fingerprint density at radius 2 is 1.83 bits per heavy atom. The van der Waals surface area contributed by atoms with Gasteiger partial charge in [0.2, 0.25) is 0 Å². The molecule has 0 spiro atoms. The van der Waals surface area contributed by atoms with Crippen molar-refractivity contribution in [3.63, 3.8) is 0 Å². The minimum atomic E-state index is -0.553. The molecule has 5 nitrogen and oxygen atoms in total. The zero-order chi connectivity index (χ0) is 21.0. The van der Waals surface area contributed by atoms with Crippen LogP contribution >= 0.6 is 0 Å². The van der Waals surface area contributed by atoms with Gasteiger partial charge >= 0.3 is 6.09 Å². The van der Waals surface area contributed by atoms with Crippen molar-refractivity contribution in [3.05, 3.63) is 71.3 Å². The number of hydrogen-bond acceptors (Lipinski definition) is 4. The van der Waals surface area contributed by atoms with Gasteiger partial charge in [-0.15, -0.1) is 0 Å². The highest BCUT2D eigenvalue weighted by Gasteiger charge is 2.30. The van der Waals surface area contributed by atoms with E-state index in [2.05, 4.69) is 41.7 Å². The first-order valence-electron chi connectivity index (χ1n) is 9.97. The molecular weight excluding hydrogens is 364 g/mol. The Kier molecular flexibility index (Phi) is 6.28. The van der Waals surface area contributed by atoms with Gasteiger partial charge in [0.05, 0.1) is 12.6 Å². The fraction of sp³-hybridized carbons (Fsp3) is 0.375. The molecule has 2 aromatic carbocycles. The normalized spacial score (nSPS) is 18.1. The van der Waals surface area contributed by atoms with Crippen molar-refractivity contribution in [3.8, 4) is 0 Å². The van der Waals surface area contributed by atoms with Gasteiger partial charge in [-0.1, -0.05) is 48.6 Å². The molecule has 0 saturated heterocycles. The molecule has 2 atom stereocenters. The van der Waals surface area contributed by atoms with Gasteiger partial charge in [-0.3, -0.25) is 0 Å². The minimum Gasteiger partial charge on any atom is -0.444 e. The van der Waals surface area contributed by atoms with Crippen molar-refractivity contribution in [1.82, 2.24) is 5.32 Å². The van der Waals surface area contributed by atoms with E-state index in [-0.39, 0.29) is 18.6 Å². The molecule has 3 rings (SSSR count). The second kappa shape index (κ2) is 8.70. The van der Waals surface area contributed by atoms with Crippen molar-refractivity contribution >= 4 is 17.9 Å². The molecule has 0 aliphatic heterocycles. The number of hydrogen-bond donors (Lipinski definition) is 2. The maximum Gasteiger partial charge on any atom is 0.408 e. The number of likely N-dealkylation sites (N-methyl/N-ethyl adjacent to an activating group) is 1. The summed E-state index contributed by atoms with van der Waals surface area (Å²) in [6.45, 7) is 6.28. The molecule has 0 aromatic heterocycles. The van der Waals surface area contributed by atoms with Crippen LogP contribution < -0.4 is 10.2 Å². The third-order valence-corrected chi connectivity index (χ3v) is 5.00. The third-order valence-electron chi connectivity index (χ3n) is 5.00. The molecule has 29 heavy (non-hydrogen) atoms. The molecule has 0 fully saturated rings. The molecule has 2 aromatic rings. The molecule has 1 amide bonds. The average molecular weight is 395 g/mol. The zero-order valence-electron chi connectivity index (χ0n) is 17.6. The van der Waals surface area contributed by atoms with Gasteiger partial charge in [-0.05, 0) is 49.6 Å². The molecular formula is C24H30N2O3. The summed E-state index contributed by atoms with van der Waals surface area (Å²) in [7, 11) is 1.95. The van der Waals surface area contributed by atoms with Crippen molar-refractivity contribution in [2.24, 2.45) is 0 Å². The standard InChI is InChI=1S/C24H30N2O3/c1-24(2,3)29-23(28)25-22-20-8-6-5-7-17(20)11-14-21(22)18-9-12-19(13-10-18)26(4)15-16-27/h5-14,21-22,27H,15-16H2,1-4H3,(H,25,28)/t21-,22+/m1/s1. The number of rotatable bonds is 5. The lowest BCUT2D eigenvalue weighted by Crippen LogP contribution is -2.37. The lowest BCUT2D eigenvalue weighted by molar-refractivity contribution is 0.0499. The summed E-state index contributed by atoms with van der Waals surface area (Å²) in [4.78, 5) is 14.5. The number of ether oxygens (including phenoxy) is 1. The van der Waals surface area contributed by atoms with Crippen molar-refractivity contribution in [2.45, 2.75) is 38.3 Å². The van der Waals surface area contributed by atoms with E-state index in [1.165, 1.54) is 0 Å². The zero-order valence-corrected chi connectivity index (χ0v) is 17.6. The number of anilines is 1. The molecule has 0 saturated carbocycles. The number of nitrogens with one attached hydrogen (secondary N) is 1. The minimum absolute atomic E-state index is 0.00498. The van der Waals surface area contributed by atoms with Crippen LogP contribution in [0.5, 0.6) is 0 Å². The average Bonchev–Trinajstić information content (AvgIpc) is 2.67. The number of alkyl carbamates (subject to hydrolysis) is 1. The first-order chi connectivity index (χ1) is 13.8. The fourth-order valence-electron chi connectivity index (χ4n) is 3.59. The topological polar surface area (TPSA) is 61.8 Å². The summed E-state index contributed by atoms with van der Waals surface area (Å²) in [6.07, 6.45) is 3.83. The summed E-state index contributed by atoms with van der Waals surface area (Å²) in [5.41, 5.74) is 3.77. The Morgan fingerprint density at radius 1 is 1.14 bits per heavy atom. The number of aliphatic hydroxyl groups excluding tert-OH is 1. The first kappa shape index (κ1) is 20.9. The van der Waals surface area contributed by atoms with Gasteiger partial charge in [0.1, 0.15) is 5.60 Å². The number of benzene rings is 2. The number of nitrogens with zero attached hydrogens (tertiary/aromatic N) is 1. The van der Waals surface area contributed by atoms with Crippen molar-refractivity contribution in [1.29, 1.82) is 0 Å². The molecule has 1 aliphatic rings. The van der Waals surface area contributed by atoms with Crippen LogP contribution in [0.25, 0.3) is 6.08 Å². The van der Waals surface area contributed by atoms with Crippen molar-refractivity contribution in [2.75, 3.05) is 25.1 Å². The number of amides is 1. The van der Waals surface area contributed by atoms with Crippen LogP contribution in [0.1, 0.15) is 49.4 Å². The van der Waals surface area contributed by atoms with Gasteiger partial charge in [0.15, 0.2) is 0 Å². The van der Waals surface area contributed by atoms with Crippen LogP contribution in [-0.2, 0) is 4.74 Å². The second-order valence-corrected chi connectivity index (χ2v) is 8.37. The maximum atomic E-state index is 12.5. The van der Waals surface area contributed by atoms with Crippen LogP contribution in [0.4, 0.5) is 10.5 Å². The predicted octanol–water partition coefficient (Wildman–Crippen LogP) is 4.49. The number of aliphatic hydroxyl groups is 1. The van der Waals surface area contributed by atoms with E-state index < -0.39 is 11.7 Å². The van der Waals surface area contributed by atoms with Crippen LogP contribution in [0.2, 0.25) is 0 Å². The summed E-state index contributed by atoms with van der Waals surface area (Å²) < 4.78 is 5.51. The summed E-state index contributed by atoms with van der Waals surface area (Å²) in [5.74, 6) is -0.00498. The van der Waals surface area contributed by atoms with Crippen molar-refractivity contribution < 1.29 is 14.6 Å². The van der Waals surface area contributed by atoms with E-state index in [4.69, 9.17) is 9.84 Å². The van der Waals surface area contributed by atoms with Crippen LogP contribution in [-0.4, -0.2) is 37.0 Å².